The van der Waals surface area contributed by atoms with E-state index in [4.69, 9.17) is 22.1 Å². The Hall–Kier alpha value is -1.51. The van der Waals surface area contributed by atoms with E-state index in [0.29, 0.717) is 42.8 Å². The highest BCUT2D eigenvalue weighted by molar-refractivity contribution is 7.91. The van der Waals surface area contributed by atoms with Crippen LogP contribution in [0.2, 0.25) is 5.02 Å². The van der Waals surface area contributed by atoms with Gasteiger partial charge in [-0.15, -0.1) is 0 Å². The maximum Gasteiger partial charge on any atom is 0.255 e. The Morgan fingerprint density at radius 2 is 1.96 bits per heavy atom. The number of rotatable bonds is 6. The largest absolute Gasteiger partial charge is 0.496 e. The molecule has 2 rings (SSSR count). The number of nitrogens with zero attached hydrogens (tertiary/aromatic N) is 1. The summed E-state index contributed by atoms with van der Waals surface area (Å²) in [5, 5.41) is 3.16. The van der Waals surface area contributed by atoms with Crippen molar-refractivity contribution in [1.82, 2.24) is 10.2 Å². The van der Waals surface area contributed by atoms with Crippen molar-refractivity contribution < 1.29 is 17.9 Å². The van der Waals surface area contributed by atoms with E-state index < -0.39 is 9.84 Å². The average molecular weight is 404 g/mol. The van der Waals surface area contributed by atoms with E-state index in [2.05, 4.69) is 10.2 Å². The number of hydrogen-bond donors (Lipinski definition) is 2. The number of halogens is 1. The summed E-state index contributed by atoms with van der Waals surface area (Å²) in [5.41, 5.74) is 6.16. The summed E-state index contributed by atoms with van der Waals surface area (Å²) in [7, 11) is 2.41. The molecule has 0 bridgehead atoms. The van der Waals surface area contributed by atoms with Crippen LogP contribution in [-0.4, -0.2) is 64.0 Å². The van der Waals surface area contributed by atoms with Crippen LogP contribution in [0.15, 0.2) is 12.1 Å². The van der Waals surface area contributed by atoms with Crippen molar-refractivity contribution in [1.29, 1.82) is 0 Å². The molecule has 0 aromatic heterocycles. The lowest BCUT2D eigenvalue weighted by atomic mass is 9.87. The molecule has 146 valence electrons. The van der Waals surface area contributed by atoms with Crippen LogP contribution in [0.1, 0.15) is 29.6 Å². The van der Waals surface area contributed by atoms with Gasteiger partial charge >= 0.3 is 0 Å². The van der Waals surface area contributed by atoms with Crippen molar-refractivity contribution in [2.24, 2.45) is 0 Å². The van der Waals surface area contributed by atoms with Gasteiger partial charge in [0.05, 0.1) is 34.9 Å². The number of benzene rings is 1. The number of amides is 1. The molecule has 0 unspecified atom stereocenters. The Morgan fingerprint density at radius 1 is 1.35 bits per heavy atom. The van der Waals surface area contributed by atoms with Crippen molar-refractivity contribution in [3.8, 4) is 5.75 Å². The van der Waals surface area contributed by atoms with Crippen LogP contribution in [0.4, 0.5) is 5.69 Å². The standard InChI is InChI=1S/C17H26ClN3O4S/c1-21(2)17(5-8-26(23,24)9-6-17)4-7-20-16(22)12-10-13(18)14(19)11-15(12)25-3/h10-11H,4-9,19H2,1-3H3,(H,20,22). The van der Waals surface area contributed by atoms with Crippen LogP contribution < -0.4 is 15.8 Å². The monoisotopic (exact) mass is 403 g/mol. The molecule has 9 heteroatoms. The normalized spacial score (nSPS) is 18.5. The number of ether oxygens (including phenoxy) is 1. The van der Waals surface area contributed by atoms with Gasteiger partial charge in [0, 0.05) is 18.2 Å². The second kappa shape index (κ2) is 8.02. The molecule has 0 aliphatic carbocycles. The SMILES string of the molecule is COc1cc(N)c(Cl)cc1C(=O)NCCC1(N(C)C)CCS(=O)(=O)CC1. The van der Waals surface area contributed by atoms with Gasteiger partial charge in [-0.2, -0.15) is 0 Å². The molecule has 3 N–H and O–H groups in total. The molecular weight excluding hydrogens is 378 g/mol. The first-order valence-electron chi connectivity index (χ1n) is 8.39. The van der Waals surface area contributed by atoms with E-state index in [9.17, 15) is 13.2 Å². The number of carbonyl (C=O) groups excluding carboxylic acids is 1. The third kappa shape index (κ3) is 4.61. The molecule has 0 atom stereocenters. The van der Waals surface area contributed by atoms with Crippen LogP contribution in [0, 0.1) is 0 Å². The van der Waals surface area contributed by atoms with Crippen molar-refractivity contribution >= 4 is 33.0 Å². The van der Waals surface area contributed by atoms with Gasteiger partial charge < -0.3 is 20.7 Å². The fourth-order valence-corrected chi connectivity index (χ4v) is 5.01. The maximum atomic E-state index is 12.5. The zero-order valence-corrected chi connectivity index (χ0v) is 16.9. The molecule has 1 aliphatic rings. The maximum absolute atomic E-state index is 12.5. The van der Waals surface area contributed by atoms with Crippen molar-refractivity contribution in [2.75, 3.05) is 45.0 Å². The quantitative estimate of drug-likeness (QED) is 0.699. The third-order valence-corrected chi connectivity index (χ3v) is 7.12. The Bertz CT molecular complexity index is 766. The summed E-state index contributed by atoms with van der Waals surface area (Å²) in [6.07, 6.45) is 1.79. The number of anilines is 1. The average Bonchev–Trinajstić information content (AvgIpc) is 2.58. The smallest absolute Gasteiger partial charge is 0.255 e. The van der Waals surface area contributed by atoms with E-state index in [1.54, 1.807) is 0 Å². The number of nitrogens with two attached hydrogens (primary N) is 1. The second-order valence-electron chi connectivity index (χ2n) is 6.85. The summed E-state index contributed by atoms with van der Waals surface area (Å²) in [4.78, 5) is 14.6. The molecule has 0 saturated carbocycles. The zero-order valence-electron chi connectivity index (χ0n) is 15.3. The van der Waals surface area contributed by atoms with Crippen LogP contribution in [0.25, 0.3) is 0 Å². The predicted molar refractivity (Wildman–Crippen MR) is 104 cm³/mol. The molecular formula is C17H26ClN3O4S. The van der Waals surface area contributed by atoms with Crippen molar-refractivity contribution in [2.45, 2.75) is 24.8 Å². The van der Waals surface area contributed by atoms with Crippen LogP contribution in [0.5, 0.6) is 5.75 Å². The van der Waals surface area contributed by atoms with E-state index in [1.165, 1.54) is 19.2 Å². The highest BCUT2D eigenvalue weighted by Crippen LogP contribution is 2.32. The van der Waals surface area contributed by atoms with Crippen LogP contribution in [-0.2, 0) is 9.84 Å². The summed E-state index contributed by atoms with van der Waals surface area (Å²) < 4.78 is 28.7. The number of hydrogen-bond acceptors (Lipinski definition) is 6. The van der Waals surface area contributed by atoms with Gasteiger partial charge in [-0.05, 0) is 39.4 Å². The minimum Gasteiger partial charge on any atom is -0.496 e. The van der Waals surface area contributed by atoms with Gasteiger partial charge in [-0.25, -0.2) is 8.42 Å². The van der Waals surface area contributed by atoms with Crippen molar-refractivity contribution in [3.63, 3.8) is 0 Å². The second-order valence-corrected chi connectivity index (χ2v) is 9.56. The van der Waals surface area contributed by atoms with E-state index >= 15 is 0 Å². The molecule has 1 heterocycles. The van der Waals surface area contributed by atoms with Gasteiger partial charge in [-0.3, -0.25) is 4.79 Å². The Balaban J connectivity index is 2.04. The topological polar surface area (TPSA) is 102 Å². The number of sulfone groups is 1. The zero-order chi connectivity index (χ0) is 19.5. The van der Waals surface area contributed by atoms with Crippen LogP contribution >= 0.6 is 11.6 Å². The molecule has 7 nitrogen and oxygen atoms in total. The first kappa shape index (κ1) is 20.8. The van der Waals surface area contributed by atoms with Crippen molar-refractivity contribution in [3.05, 3.63) is 22.7 Å². The molecule has 1 aromatic rings. The number of nitrogen functional groups attached to an aromatic ring is 1. The highest BCUT2D eigenvalue weighted by Gasteiger charge is 2.38. The Morgan fingerprint density at radius 3 is 2.50 bits per heavy atom. The summed E-state index contributed by atoms with van der Waals surface area (Å²) in [6, 6.07) is 3.00. The minimum atomic E-state index is -2.95. The summed E-state index contributed by atoms with van der Waals surface area (Å²) in [5.74, 6) is 0.415. The predicted octanol–water partition coefficient (Wildman–Crippen LogP) is 1.56. The lowest BCUT2D eigenvalue weighted by Gasteiger charge is -2.43. The third-order valence-electron chi connectivity index (χ3n) is 5.14. The van der Waals surface area contributed by atoms with Gasteiger partial charge in [0.25, 0.3) is 5.91 Å². The number of nitrogens with one attached hydrogen (secondary N) is 1. The first-order chi connectivity index (χ1) is 12.1. The number of methoxy groups -OCH3 is 1. The lowest BCUT2D eigenvalue weighted by Crippen LogP contribution is -2.51. The fourth-order valence-electron chi connectivity index (χ4n) is 3.26. The molecule has 1 saturated heterocycles. The number of carbonyl (C=O) groups is 1. The molecule has 0 spiro atoms. The fraction of sp³-hybridized carbons (Fsp3) is 0.588. The molecule has 1 amide bonds. The van der Waals surface area contributed by atoms with Gasteiger partial charge in [0.1, 0.15) is 15.6 Å². The molecule has 1 fully saturated rings. The Kier molecular flexibility index (Phi) is 6.42. The highest BCUT2D eigenvalue weighted by atomic mass is 35.5. The lowest BCUT2D eigenvalue weighted by molar-refractivity contribution is 0.0919. The molecule has 26 heavy (non-hydrogen) atoms. The molecule has 1 aliphatic heterocycles. The van der Waals surface area contributed by atoms with E-state index in [-0.39, 0.29) is 28.0 Å². The summed E-state index contributed by atoms with van der Waals surface area (Å²) in [6.45, 7) is 0.419. The minimum absolute atomic E-state index is 0.181. The summed E-state index contributed by atoms with van der Waals surface area (Å²) >= 11 is 6.01. The van der Waals surface area contributed by atoms with Gasteiger partial charge in [0.15, 0.2) is 0 Å². The van der Waals surface area contributed by atoms with E-state index in [1.807, 2.05) is 14.1 Å². The van der Waals surface area contributed by atoms with Gasteiger partial charge in [-0.1, -0.05) is 11.6 Å². The van der Waals surface area contributed by atoms with Gasteiger partial charge in [0.2, 0.25) is 0 Å². The Labute approximate surface area is 159 Å². The first-order valence-corrected chi connectivity index (χ1v) is 10.6. The molecule has 1 aromatic carbocycles. The molecule has 0 radical (unpaired) electrons. The van der Waals surface area contributed by atoms with E-state index in [0.717, 1.165) is 0 Å². The van der Waals surface area contributed by atoms with Crippen LogP contribution in [0.3, 0.4) is 0 Å².